The van der Waals surface area contributed by atoms with E-state index < -0.39 is 35.7 Å². The van der Waals surface area contributed by atoms with Crippen molar-refractivity contribution in [3.63, 3.8) is 0 Å². The van der Waals surface area contributed by atoms with E-state index in [0.29, 0.717) is 21.5 Å². The van der Waals surface area contributed by atoms with E-state index in [-0.39, 0.29) is 24.3 Å². The predicted octanol–water partition coefficient (Wildman–Crippen LogP) is 15.6. The standard InChI is InChI=1S/C55H80O8/c1-4-6-8-10-12-14-16-18-20-22-24-26-28-30-34-44(54(58)59)41-50(56)62-52-46-36-32-33-37-47(46)53(49-40-43(3)38-39-48(49)52)63-51(57)42-45(55(60)61)35-31-29-27-25-23-21-19-17-15-13-11-9-7-5-2/h30-40,44-45H,4-29,41-42H2,1-3H3,(H,58,59)(H,60,61). The van der Waals surface area contributed by atoms with Crippen LogP contribution in [0.15, 0.2) is 66.8 Å². The second kappa shape index (κ2) is 32.2. The molecule has 0 amide bonds. The van der Waals surface area contributed by atoms with Crippen molar-refractivity contribution >= 4 is 45.4 Å². The number of benzene rings is 3. The van der Waals surface area contributed by atoms with Crippen LogP contribution in [0.3, 0.4) is 0 Å². The maximum absolute atomic E-state index is 13.5. The first-order valence-electron chi connectivity index (χ1n) is 24.8. The highest BCUT2D eigenvalue weighted by molar-refractivity contribution is 6.13. The van der Waals surface area contributed by atoms with Crippen molar-refractivity contribution in [1.29, 1.82) is 0 Å². The van der Waals surface area contributed by atoms with Crippen molar-refractivity contribution < 1.29 is 38.9 Å². The summed E-state index contributed by atoms with van der Waals surface area (Å²) < 4.78 is 12.0. The predicted molar refractivity (Wildman–Crippen MR) is 259 cm³/mol. The third-order valence-corrected chi connectivity index (χ3v) is 12.1. The van der Waals surface area contributed by atoms with Gasteiger partial charge < -0.3 is 19.7 Å². The van der Waals surface area contributed by atoms with Crippen LogP contribution in [-0.2, 0) is 19.2 Å². The molecular formula is C55H80O8. The van der Waals surface area contributed by atoms with Gasteiger partial charge in [0, 0.05) is 21.5 Å². The Balaban J connectivity index is 1.56. The molecule has 63 heavy (non-hydrogen) atoms. The third kappa shape index (κ3) is 21.2. The van der Waals surface area contributed by atoms with E-state index in [1.165, 1.54) is 128 Å². The lowest BCUT2D eigenvalue weighted by Crippen LogP contribution is -2.20. The number of carbonyl (C=O) groups excluding carboxylic acids is 2. The van der Waals surface area contributed by atoms with Gasteiger partial charge in [0.25, 0.3) is 0 Å². The second-order valence-corrected chi connectivity index (χ2v) is 17.7. The third-order valence-electron chi connectivity index (χ3n) is 12.1. The quantitative estimate of drug-likeness (QED) is 0.0194. The molecule has 8 heteroatoms. The van der Waals surface area contributed by atoms with Gasteiger partial charge >= 0.3 is 23.9 Å². The highest BCUT2D eigenvalue weighted by Crippen LogP contribution is 2.43. The van der Waals surface area contributed by atoms with Crippen molar-refractivity contribution in [1.82, 2.24) is 0 Å². The van der Waals surface area contributed by atoms with E-state index in [1.54, 1.807) is 42.5 Å². The number of carboxylic acids is 2. The van der Waals surface area contributed by atoms with Gasteiger partial charge in [-0.2, -0.15) is 0 Å². The number of carboxylic acid groups (broad SMARTS) is 2. The number of esters is 2. The Kier molecular flexibility index (Phi) is 27.1. The van der Waals surface area contributed by atoms with Crippen molar-refractivity contribution in [3.05, 3.63) is 72.3 Å². The minimum absolute atomic E-state index is 0.249. The molecule has 0 aromatic heterocycles. The minimum Gasteiger partial charge on any atom is -0.481 e. The maximum Gasteiger partial charge on any atom is 0.312 e. The van der Waals surface area contributed by atoms with Gasteiger partial charge in [0.1, 0.15) is 11.5 Å². The lowest BCUT2D eigenvalue weighted by Gasteiger charge is -2.18. The summed E-state index contributed by atoms with van der Waals surface area (Å²) in [4.78, 5) is 51.3. The van der Waals surface area contributed by atoms with E-state index in [4.69, 9.17) is 9.47 Å². The number of unbranched alkanes of at least 4 members (excludes halogenated alkanes) is 24. The van der Waals surface area contributed by atoms with Gasteiger partial charge in [0.05, 0.1) is 24.7 Å². The van der Waals surface area contributed by atoms with Crippen LogP contribution in [-0.4, -0.2) is 34.1 Å². The summed E-state index contributed by atoms with van der Waals surface area (Å²) in [5.41, 5.74) is 0.876. The average molecular weight is 869 g/mol. The number of aliphatic carboxylic acids is 2. The number of aryl methyl sites for hydroxylation is 1. The molecule has 0 saturated carbocycles. The summed E-state index contributed by atoms with van der Waals surface area (Å²) in [6.07, 6.45) is 37.9. The molecule has 3 aromatic carbocycles. The number of hydrogen-bond acceptors (Lipinski definition) is 6. The van der Waals surface area contributed by atoms with Crippen molar-refractivity contribution in [3.8, 4) is 11.5 Å². The van der Waals surface area contributed by atoms with Gasteiger partial charge in [0.15, 0.2) is 0 Å². The Morgan fingerprint density at radius 1 is 0.476 bits per heavy atom. The zero-order valence-electron chi connectivity index (χ0n) is 39.1. The SMILES string of the molecule is CCCCCCCCCCCCCCC=CC(CC(=O)Oc1c2ccccc2c(OC(=O)CC(C=CCCCCCCCCCCCCCC)C(=O)O)c2cc(C)ccc12)C(=O)O. The van der Waals surface area contributed by atoms with E-state index in [0.717, 1.165) is 44.1 Å². The molecular weight excluding hydrogens is 789 g/mol. The monoisotopic (exact) mass is 869 g/mol. The van der Waals surface area contributed by atoms with Crippen molar-refractivity contribution in [2.24, 2.45) is 11.8 Å². The van der Waals surface area contributed by atoms with Crippen molar-refractivity contribution in [2.75, 3.05) is 0 Å². The molecule has 0 aliphatic heterocycles. The largest absolute Gasteiger partial charge is 0.481 e. The number of ether oxygens (including phenoxy) is 2. The zero-order chi connectivity index (χ0) is 45.5. The van der Waals surface area contributed by atoms with Crippen LogP contribution in [0, 0.1) is 18.8 Å². The van der Waals surface area contributed by atoms with Crippen molar-refractivity contribution in [2.45, 2.75) is 201 Å². The Hall–Kier alpha value is -4.46. The van der Waals surface area contributed by atoms with Gasteiger partial charge in [-0.3, -0.25) is 19.2 Å². The molecule has 0 saturated heterocycles. The molecule has 0 aliphatic rings. The lowest BCUT2D eigenvalue weighted by atomic mass is 9.98. The van der Waals surface area contributed by atoms with Crippen LogP contribution in [0.1, 0.15) is 199 Å². The number of fused-ring (bicyclic) bond motifs is 2. The van der Waals surface area contributed by atoms with Crippen LogP contribution in [0.5, 0.6) is 11.5 Å². The molecule has 348 valence electrons. The fourth-order valence-corrected chi connectivity index (χ4v) is 8.31. The Morgan fingerprint density at radius 3 is 1.17 bits per heavy atom. The smallest absolute Gasteiger partial charge is 0.312 e. The molecule has 8 nitrogen and oxygen atoms in total. The molecule has 0 bridgehead atoms. The maximum atomic E-state index is 13.5. The molecule has 0 fully saturated rings. The normalized spacial score (nSPS) is 12.7. The second-order valence-electron chi connectivity index (χ2n) is 17.7. The minimum atomic E-state index is -1.09. The number of hydrogen-bond donors (Lipinski definition) is 2. The number of carbonyl (C=O) groups is 4. The molecule has 0 radical (unpaired) electrons. The molecule has 2 unspecified atom stereocenters. The first-order chi connectivity index (χ1) is 30.7. The summed E-state index contributed by atoms with van der Waals surface area (Å²) in [7, 11) is 0. The Labute approximate surface area is 379 Å². The van der Waals surface area contributed by atoms with E-state index in [2.05, 4.69) is 13.8 Å². The molecule has 2 atom stereocenters. The molecule has 2 N–H and O–H groups in total. The van der Waals surface area contributed by atoms with Crippen LogP contribution in [0.2, 0.25) is 0 Å². The molecule has 3 rings (SSSR count). The van der Waals surface area contributed by atoms with Crippen LogP contribution in [0.4, 0.5) is 0 Å². The summed E-state index contributed by atoms with van der Waals surface area (Å²) >= 11 is 0. The van der Waals surface area contributed by atoms with Gasteiger partial charge in [-0.15, -0.1) is 0 Å². The molecule has 0 spiro atoms. The van der Waals surface area contributed by atoms with Crippen LogP contribution < -0.4 is 9.47 Å². The molecule has 0 heterocycles. The topological polar surface area (TPSA) is 127 Å². The Bertz CT molecular complexity index is 1860. The van der Waals surface area contributed by atoms with E-state index in [9.17, 15) is 29.4 Å². The van der Waals surface area contributed by atoms with Gasteiger partial charge in [0.2, 0.25) is 0 Å². The number of allylic oxidation sites excluding steroid dienone is 2. The van der Waals surface area contributed by atoms with Crippen LogP contribution in [0.25, 0.3) is 21.5 Å². The summed E-state index contributed by atoms with van der Waals surface area (Å²) in [5, 5.41) is 22.0. The van der Waals surface area contributed by atoms with Gasteiger partial charge in [-0.1, -0.05) is 221 Å². The highest BCUT2D eigenvalue weighted by atomic mass is 16.5. The van der Waals surface area contributed by atoms with Gasteiger partial charge in [-0.25, -0.2) is 0 Å². The van der Waals surface area contributed by atoms with E-state index in [1.807, 2.05) is 31.2 Å². The highest BCUT2D eigenvalue weighted by Gasteiger charge is 2.25. The summed E-state index contributed by atoms with van der Waals surface area (Å²) in [6, 6.07) is 12.6. The first kappa shape index (κ1) is 52.9. The van der Waals surface area contributed by atoms with Crippen LogP contribution >= 0.6 is 0 Å². The fourth-order valence-electron chi connectivity index (χ4n) is 8.31. The average Bonchev–Trinajstić information content (AvgIpc) is 3.26. The summed E-state index contributed by atoms with van der Waals surface area (Å²) in [5.74, 6) is -5.12. The first-order valence-corrected chi connectivity index (χ1v) is 24.8. The number of rotatable bonds is 36. The van der Waals surface area contributed by atoms with E-state index >= 15 is 0 Å². The Morgan fingerprint density at radius 2 is 0.810 bits per heavy atom. The fraction of sp³-hybridized carbons (Fsp3) is 0.600. The molecule has 3 aromatic rings. The van der Waals surface area contributed by atoms with Gasteiger partial charge in [-0.05, 0) is 38.7 Å². The lowest BCUT2D eigenvalue weighted by molar-refractivity contribution is -0.145. The zero-order valence-corrected chi connectivity index (χ0v) is 39.1. The molecule has 0 aliphatic carbocycles. The summed E-state index contributed by atoms with van der Waals surface area (Å²) in [6.45, 7) is 6.39.